The van der Waals surface area contributed by atoms with E-state index in [1.807, 2.05) is 36.9 Å². The molecule has 0 saturated carbocycles. The molecular formula is C42H58Cl2N6O9. The molecule has 2 aromatic carbocycles. The van der Waals surface area contributed by atoms with Crippen LogP contribution in [0.5, 0.6) is 11.5 Å². The van der Waals surface area contributed by atoms with Gasteiger partial charge in [-0.1, -0.05) is 23.2 Å². The van der Waals surface area contributed by atoms with Gasteiger partial charge in [0.05, 0.1) is 48.2 Å². The molecule has 4 saturated heterocycles. The van der Waals surface area contributed by atoms with E-state index in [4.69, 9.17) is 37.8 Å². The van der Waals surface area contributed by atoms with Crippen molar-refractivity contribution in [3.63, 3.8) is 0 Å². The molecule has 0 unspecified atom stereocenters. The lowest BCUT2D eigenvalue weighted by Crippen LogP contribution is -2.54. The average Bonchev–Trinajstić information content (AvgIpc) is 3.61. The molecule has 4 atom stereocenters. The number of carboxylic acid groups (broad SMARTS) is 1. The molecular weight excluding hydrogens is 803 g/mol. The highest BCUT2D eigenvalue weighted by atomic mass is 35.5. The molecule has 4 N–H and O–H groups in total. The number of amides is 3. The molecule has 324 valence electrons. The van der Waals surface area contributed by atoms with Gasteiger partial charge in [0.2, 0.25) is 17.7 Å². The summed E-state index contributed by atoms with van der Waals surface area (Å²) in [7, 11) is 3.26. The van der Waals surface area contributed by atoms with Crippen molar-refractivity contribution in [2.45, 2.75) is 103 Å². The zero-order chi connectivity index (χ0) is 43.8. The van der Waals surface area contributed by atoms with Crippen LogP contribution < -0.4 is 35.2 Å². The molecule has 17 heteroatoms. The smallest absolute Gasteiger partial charge is 0.303 e. The number of ketones is 2. The van der Waals surface area contributed by atoms with Crippen molar-refractivity contribution in [3.05, 3.63) is 45.4 Å². The predicted molar refractivity (Wildman–Crippen MR) is 227 cm³/mol. The Bertz CT molecular complexity index is 1930. The van der Waals surface area contributed by atoms with Crippen LogP contribution in [0.25, 0.3) is 0 Å². The minimum Gasteiger partial charge on any atom is -0.495 e. The summed E-state index contributed by atoms with van der Waals surface area (Å²) in [6.07, 6.45) is 0.400. The van der Waals surface area contributed by atoms with Crippen LogP contribution in [0, 0.1) is 13.8 Å². The maximum absolute atomic E-state index is 12.7. The lowest BCUT2D eigenvalue weighted by atomic mass is 9.92. The first-order valence-corrected chi connectivity index (χ1v) is 20.6. The summed E-state index contributed by atoms with van der Waals surface area (Å²) in [6, 6.07) is 8.74. The van der Waals surface area contributed by atoms with Crippen molar-refractivity contribution in [1.82, 2.24) is 20.9 Å². The van der Waals surface area contributed by atoms with Gasteiger partial charge in [0, 0.05) is 87.7 Å². The zero-order valence-electron chi connectivity index (χ0n) is 35.3. The molecule has 3 amide bonds. The number of nitrogens with one attached hydrogen (secondary N) is 3. The van der Waals surface area contributed by atoms with Gasteiger partial charge in [-0.25, -0.2) is 0 Å². The van der Waals surface area contributed by atoms with E-state index in [-0.39, 0.29) is 67.4 Å². The molecule has 0 radical (unpaired) electrons. The number of Topliss-reactive ketones (excluding diaryl/α,β-unsaturated/α-hetero) is 2. The topological polar surface area (TPSA) is 187 Å². The number of ether oxygens (including phenoxy) is 2. The van der Waals surface area contributed by atoms with E-state index in [1.165, 1.54) is 5.69 Å². The summed E-state index contributed by atoms with van der Waals surface area (Å²) in [6.45, 7) is 16.5. The fraction of sp³-hybridized carbons (Fsp3) is 0.571. The Labute approximate surface area is 356 Å². The number of halogens is 2. The van der Waals surface area contributed by atoms with Crippen molar-refractivity contribution < 1.29 is 43.3 Å². The zero-order valence-corrected chi connectivity index (χ0v) is 36.8. The normalized spacial score (nSPS) is 24.1. The number of hydrogen-bond acceptors (Lipinski definition) is 11. The molecule has 4 fully saturated rings. The minimum absolute atomic E-state index is 0.0107. The van der Waals surface area contributed by atoms with E-state index < -0.39 is 17.0 Å². The Kier molecular flexibility index (Phi) is 16.0. The number of aliphatic carboxylic acids is 1. The predicted octanol–water partition coefficient (Wildman–Crippen LogP) is 4.48. The molecule has 0 aromatic heterocycles. The van der Waals surface area contributed by atoms with Gasteiger partial charge in [0.1, 0.15) is 11.5 Å². The maximum Gasteiger partial charge on any atom is 0.303 e. The summed E-state index contributed by atoms with van der Waals surface area (Å²) in [5.41, 5.74) is 2.34. The van der Waals surface area contributed by atoms with E-state index in [0.717, 1.165) is 42.2 Å². The molecule has 2 aromatic rings. The number of carboxylic acids is 1. The van der Waals surface area contributed by atoms with Crippen LogP contribution in [0.4, 0.5) is 11.4 Å². The molecule has 0 bridgehead atoms. The van der Waals surface area contributed by atoms with Gasteiger partial charge in [0.15, 0.2) is 11.6 Å². The highest BCUT2D eigenvalue weighted by molar-refractivity contribution is 6.33. The minimum atomic E-state index is -0.963. The van der Waals surface area contributed by atoms with E-state index in [9.17, 15) is 28.8 Å². The third-order valence-corrected chi connectivity index (χ3v) is 12.3. The number of benzene rings is 2. The van der Waals surface area contributed by atoms with Crippen LogP contribution in [0.3, 0.4) is 0 Å². The first-order chi connectivity index (χ1) is 27.7. The van der Waals surface area contributed by atoms with Crippen LogP contribution in [0.1, 0.15) is 77.3 Å². The van der Waals surface area contributed by atoms with E-state index in [0.29, 0.717) is 47.9 Å². The third kappa shape index (κ3) is 11.8. The van der Waals surface area contributed by atoms with Gasteiger partial charge in [-0.05, 0) is 77.6 Å². The summed E-state index contributed by atoms with van der Waals surface area (Å²) < 4.78 is 10.7. The number of methoxy groups -OCH3 is 2. The average molecular weight is 862 g/mol. The molecule has 4 aliphatic heterocycles. The number of rotatable bonds is 10. The van der Waals surface area contributed by atoms with E-state index >= 15 is 0 Å². The quantitative estimate of drug-likeness (QED) is 0.246. The standard InChI is InChI=1S/C21H28ClN3O4.C13H19ClN2O.C8H11NO4/c1-13-9-15(10-16(29-4)20(13)22)25-8-7-24(12-14(25)2)19(28)5-6-21(3)17(26)11-18(27)23-21;1-9-6-11(7-12(17-3)13(9)14)16-5-4-15-8-10(16)2;1-8(3-2-7(12)13)5(10)4-6(11)9-8/h9-10,14H,5-8,11-12H2,1-4H3,(H,23,27);6-7,10,15H,4-5,8H2,1-3H3;2-4H2,1H3,(H,9,11)(H,12,13)/t14-,21+;10-;8-/m001/s1. The van der Waals surface area contributed by atoms with Crippen molar-refractivity contribution >= 4 is 69.8 Å². The summed E-state index contributed by atoms with van der Waals surface area (Å²) in [4.78, 5) is 75.0. The van der Waals surface area contributed by atoms with Gasteiger partial charge in [-0.15, -0.1) is 0 Å². The second-order valence-corrected chi connectivity index (χ2v) is 16.8. The first-order valence-electron chi connectivity index (χ1n) is 19.8. The van der Waals surface area contributed by atoms with Crippen LogP contribution in [0.15, 0.2) is 24.3 Å². The number of carbonyl (C=O) groups is 6. The number of nitrogens with zero attached hydrogens (tertiary/aromatic N) is 3. The van der Waals surface area contributed by atoms with Gasteiger partial charge >= 0.3 is 5.97 Å². The lowest BCUT2D eigenvalue weighted by molar-refractivity contribution is -0.138. The lowest BCUT2D eigenvalue weighted by Gasteiger charge is -2.41. The second-order valence-electron chi connectivity index (χ2n) is 16.0. The van der Waals surface area contributed by atoms with Crippen LogP contribution in [0.2, 0.25) is 10.0 Å². The second kappa shape index (κ2) is 20.1. The highest BCUT2D eigenvalue weighted by Gasteiger charge is 2.43. The Balaban J connectivity index is 0.000000216. The van der Waals surface area contributed by atoms with E-state index in [2.05, 4.69) is 45.7 Å². The molecule has 0 aliphatic carbocycles. The summed E-state index contributed by atoms with van der Waals surface area (Å²) >= 11 is 12.5. The number of anilines is 2. The number of aryl methyl sites for hydroxylation is 2. The van der Waals surface area contributed by atoms with Crippen molar-refractivity contribution in [2.24, 2.45) is 0 Å². The molecule has 59 heavy (non-hydrogen) atoms. The van der Waals surface area contributed by atoms with Crippen LogP contribution in [-0.2, 0) is 28.8 Å². The molecule has 4 aliphatic rings. The van der Waals surface area contributed by atoms with Crippen molar-refractivity contribution in [2.75, 3.05) is 63.3 Å². The van der Waals surface area contributed by atoms with Gasteiger partial charge in [-0.2, -0.15) is 0 Å². The first kappa shape index (κ1) is 47.1. The van der Waals surface area contributed by atoms with Crippen molar-refractivity contribution in [1.29, 1.82) is 0 Å². The highest BCUT2D eigenvalue weighted by Crippen LogP contribution is 2.35. The largest absolute Gasteiger partial charge is 0.495 e. The third-order valence-electron chi connectivity index (χ3n) is 11.4. The number of piperazine rings is 2. The summed E-state index contributed by atoms with van der Waals surface area (Å²) in [5.74, 6) is -0.499. The van der Waals surface area contributed by atoms with Crippen LogP contribution >= 0.6 is 23.2 Å². The number of hydrogen-bond donors (Lipinski definition) is 4. The Morgan fingerprint density at radius 2 is 1.24 bits per heavy atom. The molecule has 6 rings (SSSR count). The fourth-order valence-corrected chi connectivity index (χ4v) is 8.03. The van der Waals surface area contributed by atoms with Gasteiger partial charge in [0.25, 0.3) is 0 Å². The maximum atomic E-state index is 12.7. The van der Waals surface area contributed by atoms with E-state index in [1.54, 1.807) is 28.1 Å². The fourth-order valence-electron chi connectivity index (χ4n) is 7.66. The van der Waals surface area contributed by atoms with Gasteiger partial charge < -0.3 is 45.2 Å². The number of carbonyl (C=O) groups excluding carboxylic acids is 5. The summed E-state index contributed by atoms with van der Waals surface area (Å²) in [5, 5.41) is 18.3. The van der Waals surface area contributed by atoms with Gasteiger partial charge in [-0.3, -0.25) is 28.8 Å². The Morgan fingerprint density at radius 1 is 0.763 bits per heavy atom. The SMILES string of the molecule is COc1cc(N2CCN(C(=O)CC[C@@]3(C)NC(=O)CC3=O)C[C@@H]2C)cc(C)c1Cl.COc1cc(N2CCNC[C@@H]2C)cc(C)c1Cl.C[C@]1(CCC(=O)O)NC(=O)CC1=O. The molecule has 15 nitrogen and oxygen atoms in total. The Hall–Kier alpha value is -4.60. The molecule has 4 heterocycles. The Morgan fingerprint density at radius 3 is 1.64 bits per heavy atom. The monoisotopic (exact) mass is 860 g/mol. The van der Waals surface area contributed by atoms with Crippen molar-refractivity contribution in [3.8, 4) is 11.5 Å². The van der Waals surface area contributed by atoms with Crippen LogP contribution in [-0.4, -0.2) is 122 Å². The molecule has 0 spiro atoms.